The summed E-state index contributed by atoms with van der Waals surface area (Å²) in [4.78, 5) is 0. The van der Waals surface area contributed by atoms with Crippen LogP contribution in [-0.2, 0) is 20.0 Å². The quantitative estimate of drug-likeness (QED) is 0.786. The summed E-state index contributed by atoms with van der Waals surface area (Å²) in [6.45, 7) is 7.27. The Balaban J connectivity index is 1.90. The molecule has 1 aromatic carbocycles. The Bertz CT molecular complexity index is 622. The summed E-state index contributed by atoms with van der Waals surface area (Å²) in [7, 11) is 1.93. The van der Waals surface area contributed by atoms with Crippen molar-refractivity contribution < 1.29 is 9.84 Å². The number of nitrogens with one attached hydrogen (secondary N) is 1. The second-order valence-electron chi connectivity index (χ2n) is 6.01. The fourth-order valence-corrected chi connectivity index (χ4v) is 2.56. The van der Waals surface area contributed by atoms with Crippen LogP contribution in [0.15, 0.2) is 30.5 Å². The number of aromatic nitrogens is 2. The molecule has 5 nitrogen and oxygen atoms in total. The third-order valence-corrected chi connectivity index (χ3v) is 3.59. The largest absolute Gasteiger partial charge is 0.491 e. The molecule has 2 aromatic rings. The highest BCUT2D eigenvalue weighted by atomic mass is 16.5. The van der Waals surface area contributed by atoms with Crippen molar-refractivity contribution in [2.75, 3.05) is 6.54 Å². The molecule has 2 N–H and O–H groups in total. The summed E-state index contributed by atoms with van der Waals surface area (Å²) in [6, 6.07) is 7.63. The van der Waals surface area contributed by atoms with Gasteiger partial charge in [-0.2, -0.15) is 5.10 Å². The van der Waals surface area contributed by atoms with Crippen LogP contribution in [-0.4, -0.2) is 27.5 Å². The Hall–Kier alpha value is -1.85. The third kappa shape index (κ3) is 5.08. The first kappa shape index (κ1) is 17.5. The van der Waals surface area contributed by atoms with Gasteiger partial charge in [-0.25, -0.2) is 0 Å². The number of aliphatic hydroxyl groups excluding tert-OH is 1. The molecule has 1 atom stereocenters. The third-order valence-electron chi connectivity index (χ3n) is 3.59. The molecule has 0 saturated carbocycles. The summed E-state index contributed by atoms with van der Waals surface area (Å²) < 4.78 is 7.50. The van der Waals surface area contributed by atoms with E-state index in [1.807, 2.05) is 56.0 Å². The van der Waals surface area contributed by atoms with Gasteiger partial charge in [-0.15, -0.1) is 0 Å². The fourth-order valence-electron chi connectivity index (χ4n) is 2.56. The van der Waals surface area contributed by atoms with Gasteiger partial charge >= 0.3 is 0 Å². The van der Waals surface area contributed by atoms with E-state index in [2.05, 4.69) is 17.3 Å². The number of ether oxygens (including phenoxy) is 1. The molecule has 0 spiro atoms. The lowest BCUT2D eigenvalue weighted by molar-refractivity contribution is 0.173. The lowest BCUT2D eigenvalue weighted by Crippen LogP contribution is -2.21. The van der Waals surface area contributed by atoms with Gasteiger partial charge in [0.05, 0.1) is 17.9 Å². The van der Waals surface area contributed by atoms with E-state index in [-0.39, 0.29) is 6.10 Å². The molecule has 23 heavy (non-hydrogen) atoms. The maximum absolute atomic E-state index is 10.3. The molecule has 0 saturated heterocycles. The van der Waals surface area contributed by atoms with Crippen LogP contribution >= 0.6 is 0 Å². The zero-order valence-corrected chi connectivity index (χ0v) is 14.4. The number of rotatable bonds is 8. The predicted molar refractivity (Wildman–Crippen MR) is 91.5 cm³/mol. The summed E-state index contributed by atoms with van der Waals surface area (Å²) in [6.07, 6.45) is 2.50. The number of benzene rings is 1. The molecule has 0 fully saturated rings. The zero-order chi connectivity index (χ0) is 16.8. The number of nitrogens with zero attached hydrogens (tertiary/aromatic N) is 2. The predicted octanol–water partition coefficient (Wildman–Crippen LogP) is 2.59. The molecule has 5 heteroatoms. The van der Waals surface area contributed by atoms with E-state index in [1.165, 1.54) is 5.56 Å². The first-order valence-corrected chi connectivity index (χ1v) is 8.16. The molecule has 0 aliphatic carbocycles. The molecule has 126 valence electrons. The van der Waals surface area contributed by atoms with Crippen molar-refractivity contribution in [3.8, 4) is 5.75 Å². The van der Waals surface area contributed by atoms with Gasteiger partial charge in [-0.3, -0.25) is 4.68 Å². The molecule has 0 amide bonds. The normalized spacial score (nSPS) is 12.6. The molecule has 1 aromatic heterocycles. The molecule has 0 radical (unpaired) electrons. The standard InChI is InChI=1S/C18H27N3O2/c1-5-17-15(12-21(4)20-17)10-19-11-18(22)14-7-6-8-16(9-14)23-13(2)3/h6-9,12-13,18-19,22H,5,10-11H2,1-4H3. The summed E-state index contributed by atoms with van der Waals surface area (Å²) in [5.41, 5.74) is 3.14. The lowest BCUT2D eigenvalue weighted by Gasteiger charge is -2.15. The van der Waals surface area contributed by atoms with Crippen molar-refractivity contribution in [2.45, 2.75) is 45.9 Å². The van der Waals surface area contributed by atoms with Crippen LogP contribution in [0.5, 0.6) is 5.75 Å². The molecular formula is C18H27N3O2. The molecule has 0 bridgehead atoms. The van der Waals surface area contributed by atoms with Crippen molar-refractivity contribution in [2.24, 2.45) is 7.05 Å². The smallest absolute Gasteiger partial charge is 0.120 e. The van der Waals surface area contributed by atoms with Crippen molar-refractivity contribution in [3.63, 3.8) is 0 Å². The minimum atomic E-state index is -0.563. The maximum atomic E-state index is 10.3. The van der Waals surface area contributed by atoms with Crippen LogP contribution in [0.1, 0.15) is 43.7 Å². The second-order valence-corrected chi connectivity index (χ2v) is 6.01. The minimum Gasteiger partial charge on any atom is -0.491 e. The van der Waals surface area contributed by atoms with Crippen LogP contribution in [0.25, 0.3) is 0 Å². The highest BCUT2D eigenvalue weighted by Gasteiger charge is 2.10. The van der Waals surface area contributed by atoms with Gasteiger partial charge in [-0.05, 0) is 38.0 Å². The first-order chi connectivity index (χ1) is 11.0. The molecule has 0 aliphatic rings. The van der Waals surface area contributed by atoms with Crippen molar-refractivity contribution >= 4 is 0 Å². The second kappa shape index (κ2) is 8.13. The van der Waals surface area contributed by atoms with Gasteiger partial charge in [0.2, 0.25) is 0 Å². The van der Waals surface area contributed by atoms with Gasteiger partial charge in [0.15, 0.2) is 0 Å². The van der Waals surface area contributed by atoms with E-state index in [1.54, 1.807) is 0 Å². The van der Waals surface area contributed by atoms with Gasteiger partial charge in [0.25, 0.3) is 0 Å². The van der Waals surface area contributed by atoms with Crippen LogP contribution in [0, 0.1) is 0 Å². The van der Waals surface area contributed by atoms with Crippen LogP contribution in [0.2, 0.25) is 0 Å². The zero-order valence-electron chi connectivity index (χ0n) is 14.4. The van der Waals surface area contributed by atoms with Crippen molar-refractivity contribution in [1.29, 1.82) is 0 Å². The van der Waals surface area contributed by atoms with Gasteiger partial charge < -0.3 is 15.2 Å². The number of aliphatic hydroxyl groups is 1. The van der Waals surface area contributed by atoms with E-state index >= 15 is 0 Å². The van der Waals surface area contributed by atoms with Crippen LogP contribution in [0.3, 0.4) is 0 Å². The van der Waals surface area contributed by atoms with Crippen LogP contribution < -0.4 is 10.1 Å². The number of aryl methyl sites for hydroxylation is 2. The van der Waals surface area contributed by atoms with Crippen molar-refractivity contribution in [3.05, 3.63) is 47.3 Å². The van der Waals surface area contributed by atoms with E-state index in [0.29, 0.717) is 13.1 Å². The Kier molecular flexibility index (Phi) is 6.19. The van der Waals surface area contributed by atoms with Gasteiger partial charge in [0.1, 0.15) is 5.75 Å². The average molecular weight is 317 g/mol. The monoisotopic (exact) mass is 317 g/mol. The maximum Gasteiger partial charge on any atom is 0.120 e. The minimum absolute atomic E-state index is 0.124. The molecule has 1 unspecified atom stereocenters. The van der Waals surface area contributed by atoms with E-state index in [0.717, 1.165) is 23.4 Å². The molecule has 1 heterocycles. The topological polar surface area (TPSA) is 59.3 Å². The SMILES string of the molecule is CCc1nn(C)cc1CNCC(O)c1cccc(OC(C)C)c1. The molecular weight excluding hydrogens is 290 g/mol. The number of hydrogen-bond acceptors (Lipinski definition) is 4. The Labute approximate surface area is 138 Å². The Morgan fingerprint density at radius 1 is 1.35 bits per heavy atom. The number of hydrogen-bond donors (Lipinski definition) is 2. The van der Waals surface area contributed by atoms with Crippen molar-refractivity contribution in [1.82, 2.24) is 15.1 Å². The Morgan fingerprint density at radius 2 is 2.13 bits per heavy atom. The lowest BCUT2D eigenvalue weighted by atomic mass is 10.1. The molecule has 0 aliphatic heterocycles. The first-order valence-electron chi connectivity index (χ1n) is 8.16. The highest BCUT2D eigenvalue weighted by Crippen LogP contribution is 2.20. The molecule has 2 rings (SSSR count). The highest BCUT2D eigenvalue weighted by molar-refractivity contribution is 5.30. The summed E-state index contributed by atoms with van der Waals surface area (Å²) in [5.74, 6) is 0.789. The Morgan fingerprint density at radius 3 is 2.83 bits per heavy atom. The average Bonchev–Trinajstić information content (AvgIpc) is 2.87. The van der Waals surface area contributed by atoms with E-state index in [9.17, 15) is 5.11 Å². The summed E-state index contributed by atoms with van der Waals surface area (Å²) >= 11 is 0. The van der Waals surface area contributed by atoms with Crippen LogP contribution in [0.4, 0.5) is 0 Å². The van der Waals surface area contributed by atoms with E-state index in [4.69, 9.17) is 4.74 Å². The summed E-state index contributed by atoms with van der Waals surface area (Å²) in [5, 5.41) is 18.1. The van der Waals surface area contributed by atoms with Gasteiger partial charge in [-0.1, -0.05) is 19.1 Å². The fraction of sp³-hybridized carbons (Fsp3) is 0.500. The van der Waals surface area contributed by atoms with E-state index < -0.39 is 6.10 Å². The van der Waals surface area contributed by atoms with Gasteiger partial charge in [0, 0.05) is 31.9 Å².